The molecule has 1 heterocycles. The SMILES string of the molecule is CC1C(=O)N=CN1O. The summed E-state index contributed by atoms with van der Waals surface area (Å²) in [5.74, 6) is -0.299. The van der Waals surface area contributed by atoms with Crippen molar-refractivity contribution < 1.29 is 10.0 Å². The molecular weight excluding hydrogens is 108 g/mol. The van der Waals surface area contributed by atoms with Crippen LogP contribution in [0.4, 0.5) is 0 Å². The summed E-state index contributed by atoms with van der Waals surface area (Å²) in [5, 5.41) is 9.41. The fourth-order valence-electron chi connectivity index (χ4n) is 0.437. The van der Waals surface area contributed by atoms with Crippen molar-refractivity contribution in [1.82, 2.24) is 5.06 Å². The Kier molecular flexibility index (Phi) is 1.02. The van der Waals surface area contributed by atoms with Crippen molar-refractivity contribution in [3.05, 3.63) is 0 Å². The molecule has 1 atom stereocenters. The van der Waals surface area contributed by atoms with Crippen molar-refractivity contribution in [1.29, 1.82) is 0 Å². The number of aliphatic imine (C=N–C) groups is 1. The highest BCUT2D eigenvalue weighted by molar-refractivity contribution is 5.93. The average Bonchev–Trinajstić information content (AvgIpc) is 1.98. The van der Waals surface area contributed by atoms with Crippen LogP contribution >= 0.6 is 0 Å². The molecule has 0 radical (unpaired) electrons. The maximum Gasteiger partial charge on any atom is 0.272 e. The lowest BCUT2D eigenvalue weighted by Crippen LogP contribution is -2.27. The second kappa shape index (κ2) is 1.56. The zero-order chi connectivity index (χ0) is 6.15. The molecule has 1 aliphatic rings. The summed E-state index contributed by atoms with van der Waals surface area (Å²) in [6.45, 7) is 1.58. The van der Waals surface area contributed by atoms with Crippen LogP contribution in [-0.2, 0) is 4.79 Å². The van der Waals surface area contributed by atoms with E-state index in [1.807, 2.05) is 0 Å². The molecule has 0 aliphatic carbocycles. The van der Waals surface area contributed by atoms with Gasteiger partial charge in [0.15, 0.2) is 0 Å². The second-order valence-corrected chi connectivity index (χ2v) is 1.64. The summed E-state index contributed by atoms with van der Waals surface area (Å²) >= 11 is 0. The van der Waals surface area contributed by atoms with Gasteiger partial charge in [-0.15, -0.1) is 0 Å². The summed E-state index contributed by atoms with van der Waals surface area (Å²) in [6.07, 6.45) is 1.10. The van der Waals surface area contributed by atoms with Crippen LogP contribution in [0.5, 0.6) is 0 Å². The van der Waals surface area contributed by atoms with Crippen molar-refractivity contribution in [3.8, 4) is 0 Å². The van der Waals surface area contributed by atoms with Crippen LogP contribution in [0.3, 0.4) is 0 Å². The number of hydroxylamine groups is 2. The first kappa shape index (κ1) is 5.24. The number of carbonyl (C=O) groups is 1. The Morgan fingerprint density at radius 3 is 2.75 bits per heavy atom. The van der Waals surface area contributed by atoms with E-state index >= 15 is 0 Å². The Labute approximate surface area is 46.4 Å². The normalized spacial score (nSPS) is 27.5. The lowest BCUT2D eigenvalue weighted by Gasteiger charge is -2.07. The molecule has 0 saturated carbocycles. The second-order valence-electron chi connectivity index (χ2n) is 1.64. The molecule has 0 aromatic carbocycles. The van der Waals surface area contributed by atoms with Gasteiger partial charge in [0.2, 0.25) is 0 Å². The molecule has 0 fully saturated rings. The molecule has 0 aromatic rings. The highest BCUT2D eigenvalue weighted by Crippen LogP contribution is 2.00. The van der Waals surface area contributed by atoms with Crippen molar-refractivity contribution in [2.45, 2.75) is 13.0 Å². The topological polar surface area (TPSA) is 52.9 Å². The summed E-state index contributed by atoms with van der Waals surface area (Å²) in [4.78, 5) is 13.7. The number of nitrogens with zero attached hydrogens (tertiary/aromatic N) is 2. The van der Waals surface area contributed by atoms with E-state index < -0.39 is 6.04 Å². The lowest BCUT2D eigenvalue weighted by molar-refractivity contribution is -0.127. The maximum absolute atomic E-state index is 10.4. The van der Waals surface area contributed by atoms with Gasteiger partial charge in [0.25, 0.3) is 5.91 Å². The summed E-state index contributed by atoms with van der Waals surface area (Å²) in [5.41, 5.74) is 0. The Morgan fingerprint density at radius 1 is 2.00 bits per heavy atom. The van der Waals surface area contributed by atoms with E-state index in [1.165, 1.54) is 0 Å². The largest absolute Gasteiger partial charge is 0.287 e. The Morgan fingerprint density at radius 2 is 2.62 bits per heavy atom. The molecule has 4 heteroatoms. The van der Waals surface area contributed by atoms with E-state index in [4.69, 9.17) is 5.21 Å². The van der Waals surface area contributed by atoms with Crippen LogP contribution < -0.4 is 0 Å². The lowest BCUT2D eigenvalue weighted by atomic mass is 10.3. The predicted molar refractivity (Wildman–Crippen MR) is 26.6 cm³/mol. The molecule has 1 N–H and O–H groups in total. The van der Waals surface area contributed by atoms with Crippen LogP contribution in [0.25, 0.3) is 0 Å². The van der Waals surface area contributed by atoms with Crippen molar-refractivity contribution in [2.75, 3.05) is 0 Å². The molecule has 1 unspecified atom stereocenters. The molecule has 0 spiro atoms. The third-order valence-corrected chi connectivity index (χ3v) is 1.06. The predicted octanol–water partition coefficient (Wildman–Crippen LogP) is -0.365. The van der Waals surface area contributed by atoms with E-state index in [-0.39, 0.29) is 5.91 Å². The quantitative estimate of drug-likeness (QED) is 0.467. The summed E-state index contributed by atoms with van der Waals surface area (Å²) in [7, 11) is 0. The van der Waals surface area contributed by atoms with Crippen LogP contribution in [0.2, 0.25) is 0 Å². The molecular formula is C4H6N2O2. The van der Waals surface area contributed by atoms with E-state index in [1.54, 1.807) is 6.92 Å². The molecule has 1 amide bonds. The highest BCUT2D eigenvalue weighted by Gasteiger charge is 2.21. The van der Waals surface area contributed by atoms with Gasteiger partial charge in [-0.25, -0.2) is 5.06 Å². The molecule has 0 bridgehead atoms. The first-order chi connectivity index (χ1) is 3.72. The third kappa shape index (κ3) is 0.586. The highest BCUT2D eigenvalue weighted by atomic mass is 16.5. The smallest absolute Gasteiger partial charge is 0.272 e. The third-order valence-electron chi connectivity index (χ3n) is 1.06. The van der Waals surface area contributed by atoms with Gasteiger partial charge in [-0.3, -0.25) is 10.0 Å². The minimum absolute atomic E-state index is 0.299. The molecule has 1 aliphatic heterocycles. The van der Waals surface area contributed by atoms with Crippen LogP contribution in [0.1, 0.15) is 6.92 Å². The van der Waals surface area contributed by atoms with Crippen molar-refractivity contribution in [3.63, 3.8) is 0 Å². The fourth-order valence-corrected chi connectivity index (χ4v) is 0.437. The zero-order valence-electron chi connectivity index (χ0n) is 4.40. The Bertz CT molecular complexity index is 143. The molecule has 1 rings (SSSR count). The van der Waals surface area contributed by atoms with E-state index in [0.29, 0.717) is 0 Å². The van der Waals surface area contributed by atoms with Gasteiger partial charge in [-0.1, -0.05) is 0 Å². The van der Waals surface area contributed by atoms with Crippen LogP contribution in [-0.4, -0.2) is 28.6 Å². The summed E-state index contributed by atoms with van der Waals surface area (Å²) in [6, 6.07) is -0.491. The van der Waals surface area contributed by atoms with E-state index in [0.717, 1.165) is 11.4 Å². The Balaban J connectivity index is 2.69. The number of hydrogen-bond acceptors (Lipinski definition) is 3. The molecule has 4 nitrogen and oxygen atoms in total. The summed E-state index contributed by atoms with van der Waals surface area (Å²) < 4.78 is 0. The molecule has 44 valence electrons. The van der Waals surface area contributed by atoms with E-state index in [9.17, 15) is 4.79 Å². The van der Waals surface area contributed by atoms with Gasteiger partial charge < -0.3 is 0 Å². The standard InChI is InChI=1S/C4H6N2O2/c1-3-4(7)5-2-6(3)8/h2-3,8H,1H3. The van der Waals surface area contributed by atoms with Crippen LogP contribution in [0.15, 0.2) is 4.99 Å². The van der Waals surface area contributed by atoms with Crippen LogP contribution in [0, 0.1) is 0 Å². The van der Waals surface area contributed by atoms with Gasteiger partial charge in [-0.2, -0.15) is 4.99 Å². The zero-order valence-corrected chi connectivity index (χ0v) is 4.40. The van der Waals surface area contributed by atoms with Crippen molar-refractivity contribution in [2.24, 2.45) is 4.99 Å². The van der Waals surface area contributed by atoms with E-state index in [2.05, 4.69) is 4.99 Å². The fraction of sp³-hybridized carbons (Fsp3) is 0.500. The monoisotopic (exact) mass is 114 g/mol. The first-order valence-corrected chi connectivity index (χ1v) is 2.27. The Hall–Kier alpha value is -0.900. The molecule has 0 saturated heterocycles. The van der Waals surface area contributed by atoms with Gasteiger partial charge in [0, 0.05) is 0 Å². The van der Waals surface area contributed by atoms with Gasteiger partial charge in [0.05, 0.1) is 0 Å². The minimum atomic E-state index is -0.491. The first-order valence-electron chi connectivity index (χ1n) is 2.27. The number of rotatable bonds is 0. The number of amides is 1. The van der Waals surface area contributed by atoms with Gasteiger partial charge >= 0.3 is 0 Å². The molecule has 8 heavy (non-hydrogen) atoms. The number of carbonyl (C=O) groups excluding carboxylic acids is 1. The maximum atomic E-state index is 10.4. The average molecular weight is 114 g/mol. The van der Waals surface area contributed by atoms with Gasteiger partial charge in [0.1, 0.15) is 12.4 Å². The minimum Gasteiger partial charge on any atom is -0.287 e. The van der Waals surface area contributed by atoms with Gasteiger partial charge in [-0.05, 0) is 6.92 Å². The molecule has 0 aromatic heterocycles. The number of hydrogen-bond donors (Lipinski definition) is 1. The van der Waals surface area contributed by atoms with Crippen molar-refractivity contribution >= 4 is 12.2 Å².